The molecule has 29 heavy (non-hydrogen) atoms. The van der Waals surface area contributed by atoms with Crippen LogP contribution < -0.4 is 16.0 Å². The van der Waals surface area contributed by atoms with Crippen LogP contribution in [0.3, 0.4) is 0 Å². The lowest BCUT2D eigenvalue weighted by Crippen LogP contribution is -2.27. The van der Waals surface area contributed by atoms with Crippen LogP contribution in [-0.2, 0) is 4.79 Å². The second-order valence-corrected chi connectivity index (χ2v) is 6.22. The van der Waals surface area contributed by atoms with Crippen molar-refractivity contribution in [3.63, 3.8) is 0 Å². The van der Waals surface area contributed by atoms with E-state index in [2.05, 4.69) is 31.1 Å². The van der Waals surface area contributed by atoms with E-state index in [1.54, 1.807) is 36.5 Å². The number of nitrogens with zero attached hydrogens (tertiary/aromatic N) is 3. The van der Waals surface area contributed by atoms with Gasteiger partial charge in [0.1, 0.15) is 17.5 Å². The van der Waals surface area contributed by atoms with E-state index in [4.69, 9.17) is 0 Å². The van der Waals surface area contributed by atoms with Crippen molar-refractivity contribution in [2.24, 2.45) is 0 Å². The van der Waals surface area contributed by atoms with Crippen LogP contribution in [0.5, 0.6) is 0 Å². The third-order valence-electron chi connectivity index (χ3n) is 3.89. The maximum absolute atomic E-state index is 13.5. The van der Waals surface area contributed by atoms with Gasteiger partial charge in [-0.15, -0.1) is 10.2 Å². The smallest absolute Gasteiger partial charge is 0.244 e. The number of hydrogen-bond acceptors (Lipinski definition) is 6. The van der Waals surface area contributed by atoms with Crippen molar-refractivity contribution >= 4 is 29.4 Å². The van der Waals surface area contributed by atoms with Crippen molar-refractivity contribution in [2.75, 3.05) is 23.7 Å². The first-order chi connectivity index (χ1) is 14.1. The molecule has 0 aliphatic heterocycles. The summed E-state index contributed by atoms with van der Waals surface area (Å²) in [6, 6.07) is 13.7. The van der Waals surface area contributed by atoms with Crippen molar-refractivity contribution in [1.29, 1.82) is 0 Å². The van der Waals surface area contributed by atoms with Crippen molar-refractivity contribution in [3.8, 4) is 0 Å². The molecule has 148 valence electrons. The predicted octanol–water partition coefficient (Wildman–Crippen LogP) is 3.30. The van der Waals surface area contributed by atoms with E-state index >= 15 is 0 Å². The van der Waals surface area contributed by atoms with E-state index in [1.165, 1.54) is 18.2 Å². The fourth-order valence-electron chi connectivity index (χ4n) is 2.44. The fraction of sp³-hybridized carbons (Fsp3) is 0.143. The summed E-state index contributed by atoms with van der Waals surface area (Å²) in [5.74, 6) is 1.20. The molecule has 2 aromatic heterocycles. The molecule has 0 fully saturated rings. The number of benzene rings is 1. The van der Waals surface area contributed by atoms with Gasteiger partial charge in [-0.05, 0) is 48.9 Å². The summed E-state index contributed by atoms with van der Waals surface area (Å²) in [6.45, 7) is 2.84. The molecule has 8 heteroatoms. The summed E-state index contributed by atoms with van der Waals surface area (Å²) in [5, 5.41) is 17.0. The number of amides is 1. The quantitative estimate of drug-likeness (QED) is 0.402. The van der Waals surface area contributed by atoms with Gasteiger partial charge in [-0.2, -0.15) is 0 Å². The van der Waals surface area contributed by atoms with Gasteiger partial charge in [0, 0.05) is 30.9 Å². The monoisotopic (exact) mass is 392 g/mol. The zero-order chi connectivity index (χ0) is 20.5. The average molecular weight is 392 g/mol. The lowest BCUT2D eigenvalue weighted by molar-refractivity contribution is -0.116. The molecule has 1 amide bonds. The molecule has 3 N–H and O–H groups in total. The Hall–Kier alpha value is -3.81. The fourth-order valence-corrected chi connectivity index (χ4v) is 2.44. The van der Waals surface area contributed by atoms with Gasteiger partial charge in [0.05, 0.1) is 0 Å². The third kappa shape index (κ3) is 6.39. The number of aromatic nitrogens is 3. The number of carbonyl (C=O) groups excluding carboxylic acids is 1. The van der Waals surface area contributed by atoms with Crippen molar-refractivity contribution in [3.05, 3.63) is 77.7 Å². The standard InChI is InChI=1S/C21H21FN6O/c1-15-10-11-23-20(14-15)26-19-8-7-18(27-28-19)24-12-13-25-21(29)9-6-16-4-2-3-5-17(16)22/h2-11,14H,12-13H2,1H3,(H,24,27)(H,25,29)(H,23,26,28)/b9-6+. The zero-order valence-corrected chi connectivity index (χ0v) is 15.9. The summed E-state index contributed by atoms with van der Waals surface area (Å²) in [6.07, 6.45) is 4.47. The van der Waals surface area contributed by atoms with Crippen molar-refractivity contribution in [1.82, 2.24) is 20.5 Å². The molecule has 0 atom stereocenters. The van der Waals surface area contributed by atoms with Gasteiger partial charge in [0.25, 0.3) is 0 Å². The number of rotatable bonds is 8. The molecule has 0 aliphatic rings. The Bertz CT molecular complexity index is 990. The molecule has 3 aromatic rings. The van der Waals surface area contributed by atoms with Gasteiger partial charge in [-0.25, -0.2) is 9.37 Å². The molecular weight excluding hydrogens is 371 g/mol. The minimum Gasteiger partial charge on any atom is -0.367 e. The topological polar surface area (TPSA) is 91.8 Å². The highest BCUT2D eigenvalue weighted by Crippen LogP contribution is 2.13. The van der Waals surface area contributed by atoms with E-state index in [0.29, 0.717) is 36.1 Å². The number of hydrogen-bond donors (Lipinski definition) is 3. The van der Waals surface area contributed by atoms with Crippen LogP contribution in [-0.4, -0.2) is 34.2 Å². The van der Waals surface area contributed by atoms with Crippen LogP contribution in [0.15, 0.2) is 60.8 Å². The molecule has 0 spiro atoms. The molecule has 7 nitrogen and oxygen atoms in total. The Balaban J connectivity index is 1.40. The van der Waals surface area contributed by atoms with E-state index in [-0.39, 0.29) is 11.7 Å². The molecular formula is C21H21FN6O. The Morgan fingerprint density at radius 1 is 1.03 bits per heavy atom. The van der Waals surface area contributed by atoms with Crippen LogP contribution in [0, 0.1) is 12.7 Å². The van der Waals surface area contributed by atoms with E-state index in [1.807, 2.05) is 19.1 Å². The van der Waals surface area contributed by atoms with E-state index in [0.717, 1.165) is 5.56 Å². The number of anilines is 3. The molecule has 0 radical (unpaired) electrons. The van der Waals surface area contributed by atoms with Crippen LogP contribution in [0.4, 0.5) is 21.8 Å². The first kappa shape index (κ1) is 19.9. The number of aryl methyl sites for hydroxylation is 1. The summed E-state index contributed by atoms with van der Waals surface area (Å²) in [7, 11) is 0. The molecule has 1 aromatic carbocycles. The molecule has 0 bridgehead atoms. The molecule has 0 unspecified atom stereocenters. The number of nitrogens with one attached hydrogen (secondary N) is 3. The Morgan fingerprint density at radius 3 is 2.59 bits per heavy atom. The Labute approximate surface area is 168 Å². The second-order valence-electron chi connectivity index (χ2n) is 6.22. The molecule has 2 heterocycles. The second kappa shape index (κ2) is 9.93. The van der Waals surface area contributed by atoms with Gasteiger partial charge in [-0.1, -0.05) is 18.2 Å². The molecule has 0 saturated carbocycles. The van der Waals surface area contributed by atoms with Crippen LogP contribution in [0.1, 0.15) is 11.1 Å². The highest BCUT2D eigenvalue weighted by atomic mass is 19.1. The minimum atomic E-state index is -0.368. The normalized spacial score (nSPS) is 10.7. The number of carbonyl (C=O) groups is 1. The number of halogens is 1. The van der Waals surface area contributed by atoms with Crippen molar-refractivity contribution in [2.45, 2.75) is 6.92 Å². The van der Waals surface area contributed by atoms with Gasteiger partial charge >= 0.3 is 0 Å². The summed E-state index contributed by atoms with van der Waals surface area (Å²) in [4.78, 5) is 16.0. The van der Waals surface area contributed by atoms with E-state index in [9.17, 15) is 9.18 Å². The predicted molar refractivity (Wildman–Crippen MR) is 111 cm³/mol. The third-order valence-corrected chi connectivity index (χ3v) is 3.89. The largest absolute Gasteiger partial charge is 0.367 e. The summed E-state index contributed by atoms with van der Waals surface area (Å²) in [5.41, 5.74) is 1.46. The first-order valence-electron chi connectivity index (χ1n) is 9.08. The van der Waals surface area contributed by atoms with Crippen LogP contribution in [0.25, 0.3) is 6.08 Å². The van der Waals surface area contributed by atoms with Crippen molar-refractivity contribution < 1.29 is 9.18 Å². The Morgan fingerprint density at radius 2 is 1.83 bits per heavy atom. The van der Waals surface area contributed by atoms with Gasteiger partial charge < -0.3 is 16.0 Å². The summed E-state index contributed by atoms with van der Waals surface area (Å²) < 4.78 is 13.5. The van der Waals surface area contributed by atoms with E-state index < -0.39 is 0 Å². The van der Waals surface area contributed by atoms with Gasteiger partial charge in [-0.3, -0.25) is 4.79 Å². The minimum absolute atomic E-state index is 0.300. The molecule has 0 aliphatic carbocycles. The van der Waals surface area contributed by atoms with Crippen LogP contribution in [0.2, 0.25) is 0 Å². The lowest BCUT2D eigenvalue weighted by atomic mass is 10.2. The highest BCUT2D eigenvalue weighted by Gasteiger charge is 2.01. The SMILES string of the molecule is Cc1ccnc(Nc2ccc(NCCNC(=O)/C=C/c3ccccc3F)nn2)c1. The number of pyridine rings is 1. The average Bonchev–Trinajstić information content (AvgIpc) is 2.72. The zero-order valence-electron chi connectivity index (χ0n) is 15.9. The lowest BCUT2D eigenvalue weighted by Gasteiger charge is -2.07. The maximum Gasteiger partial charge on any atom is 0.244 e. The highest BCUT2D eigenvalue weighted by molar-refractivity contribution is 5.91. The summed E-state index contributed by atoms with van der Waals surface area (Å²) >= 11 is 0. The van der Waals surface area contributed by atoms with Crippen LogP contribution >= 0.6 is 0 Å². The molecule has 3 rings (SSSR count). The molecule has 0 saturated heterocycles. The first-order valence-corrected chi connectivity index (χ1v) is 9.08. The Kier molecular flexibility index (Phi) is 6.83. The van der Waals surface area contributed by atoms with Gasteiger partial charge in [0.2, 0.25) is 5.91 Å². The van der Waals surface area contributed by atoms with Gasteiger partial charge in [0.15, 0.2) is 5.82 Å². The maximum atomic E-state index is 13.5.